The monoisotopic (exact) mass is 301 g/mol. The van der Waals surface area contributed by atoms with Gasteiger partial charge in [-0.1, -0.05) is 11.6 Å². The molecule has 1 rings (SSSR count). The number of ether oxygens (including phenoxy) is 1. The maximum atomic E-state index is 11.8. The van der Waals surface area contributed by atoms with Crippen LogP contribution in [0.1, 0.15) is 10.4 Å². The number of anilines is 1. The molecule has 0 aliphatic carbocycles. The highest BCUT2D eigenvalue weighted by Gasteiger charge is 2.08. The van der Waals surface area contributed by atoms with E-state index in [1.54, 1.807) is 0 Å². The van der Waals surface area contributed by atoms with E-state index in [2.05, 4.69) is 15.7 Å². The Labute approximate surface area is 123 Å². The van der Waals surface area contributed by atoms with E-state index in [0.29, 0.717) is 36.2 Å². The van der Waals surface area contributed by atoms with E-state index < -0.39 is 0 Å². The van der Waals surface area contributed by atoms with Crippen molar-refractivity contribution < 1.29 is 9.53 Å². The van der Waals surface area contributed by atoms with E-state index in [9.17, 15) is 4.79 Å². The molecule has 1 aromatic heterocycles. The zero-order chi connectivity index (χ0) is 15.0. The Hall–Kier alpha value is -1.41. The van der Waals surface area contributed by atoms with Crippen LogP contribution in [0, 0.1) is 0 Å². The first kappa shape index (κ1) is 16.6. The molecule has 1 amide bonds. The fraction of sp³-hybridized carbons (Fsp3) is 0.500. The van der Waals surface area contributed by atoms with Gasteiger partial charge in [0.2, 0.25) is 0 Å². The Morgan fingerprint density at radius 3 is 2.85 bits per heavy atom. The number of nitrogens with two attached hydrogens (primary N) is 1. The summed E-state index contributed by atoms with van der Waals surface area (Å²) in [6.07, 6.45) is 1.41. The van der Waals surface area contributed by atoms with Gasteiger partial charge < -0.3 is 20.4 Å². The molecule has 0 aliphatic heterocycles. The Morgan fingerprint density at radius 2 is 2.25 bits per heavy atom. The highest BCUT2D eigenvalue weighted by atomic mass is 35.5. The first-order valence-corrected chi connectivity index (χ1v) is 6.55. The normalized spacial score (nSPS) is 10.7. The first-order valence-electron chi connectivity index (χ1n) is 6.17. The third kappa shape index (κ3) is 5.70. The third-order valence-electron chi connectivity index (χ3n) is 2.45. The summed E-state index contributed by atoms with van der Waals surface area (Å²) in [6, 6.07) is 1.51. The van der Waals surface area contributed by atoms with Crippen molar-refractivity contribution in [2.75, 3.05) is 45.8 Å². The average Bonchev–Trinajstić information content (AvgIpc) is 2.42. The fourth-order valence-electron chi connectivity index (χ4n) is 1.36. The van der Waals surface area contributed by atoms with Crippen LogP contribution < -0.4 is 16.6 Å². The third-order valence-corrected chi connectivity index (χ3v) is 2.74. The molecule has 0 saturated heterocycles. The van der Waals surface area contributed by atoms with E-state index in [-0.39, 0.29) is 5.91 Å². The number of hydrogen-bond donors (Lipinski definition) is 3. The maximum Gasteiger partial charge on any atom is 0.252 e. The van der Waals surface area contributed by atoms with Crippen molar-refractivity contribution in [2.24, 2.45) is 5.84 Å². The number of hydrogen-bond acceptors (Lipinski definition) is 6. The van der Waals surface area contributed by atoms with Gasteiger partial charge in [0.15, 0.2) is 5.82 Å². The first-order chi connectivity index (χ1) is 9.54. The Balaban J connectivity index is 2.31. The lowest BCUT2D eigenvalue weighted by Crippen LogP contribution is -2.28. The minimum Gasteiger partial charge on any atom is -0.378 e. The highest BCUT2D eigenvalue weighted by Crippen LogP contribution is 2.18. The lowest BCUT2D eigenvalue weighted by atomic mass is 10.2. The van der Waals surface area contributed by atoms with Gasteiger partial charge in [0.05, 0.1) is 23.8 Å². The minimum absolute atomic E-state index is 0.251. The number of halogens is 1. The number of rotatable bonds is 8. The maximum absolute atomic E-state index is 11.8. The molecule has 1 aromatic rings. The molecule has 0 unspecified atom stereocenters. The van der Waals surface area contributed by atoms with Crippen molar-refractivity contribution in [2.45, 2.75) is 0 Å². The minimum atomic E-state index is -0.251. The SMILES string of the molecule is CN(C)CCOCCNC(=O)c1cnc(NN)c(Cl)c1. The van der Waals surface area contributed by atoms with Crippen LogP contribution in [0.5, 0.6) is 0 Å². The van der Waals surface area contributed by atoms with E-state index >= 15 is 0 Å². The standard InChI is InChI=1S/C12H20ClN5O2/c1-18(2)4-6-20-5-3-15-12(19)9-7-10(13)11(17-14)16-8-9/h7-8H,3-6,14H2,1-2H3,(H,15,19)(H,16,17). The molecule has 0 aromatic carbocycles. The van der Waals surface area contributed by atoms with Crippen LogP contribution in [0.25, 0.3) is 0 Å². The number of nitrogen functional groups attached to an aromatic ring is 1. The van der Waals surface area contributed by atoms with Gasteiger partial charge in [0.1, 0.15) is 0 Å². The molecule has 7 nitrogen and oxygen atoms in total. The van der Waals surface area contributed by atoms with Gasteiger partial charge in [-0.2, -0.15) is 0 Å². The number of carbonyl (C=O) groups excluding carboxylic acids is 1. The number of likely N-dealkylation sites (N-methyl/N-ethyl adjacent to an activating group) is 1. The number of nitrogens with zero attached hydrogens (tertiary/aromatic N) is 2. The molecule has 4 N–H and O–H groups in total. The quantitative estimate of drug-likeness (QED) is 0.364. The van der Waals surface area contributed by atoms with E-state index in [4.69, 9.17) is 22.2 Å². The number of carbonyl (C=O) groups is 1. The molecule has 0 spiro atoms. The summed E-state index contributed by atoms with van der Waals surface area (Å²) >= 11 is 5.89. The van der Waals surface area contributed by atoms with Crippen LogP contribution in [0.2, 0.25) is 5.02 Å². The van der Waals surface area contributed by atoms with Gasteiger partial charge in [-0.05, 0) is 20.2 Å². The summed E-state index contributed by atoms with van der Waals surface area (Å²) in [4.78, 5) is 17.8. The number of hydrazine groups is 1. The molecule has 20 heavy (non-hydrogen) atoms. The lowest BCUT2D eigenvalue weighted by Gasteiger charge is -2.10. The molecule has 1 heterocycles. The zero-order valence-corrected chi connectivity index (χ0v) is 12.4. The van der Waals surface area contributed by atoms with Crippen LogP contribution >= 0.6 is 11.6 Å². The molecule has 0 fully saturated rings. The largest absolute Gasteiger partial charge is 0.378 e. The molecule has 0 radical (unpaired) electrons. The summed E-state index contributed by atoms with van der Waals surface area (Å²) in [7, 11) is 3.95. The summed E-state index contributed by atoms with van der Waals surface area (Å²) in [5, 5.41) is 3.02. The van der Waals surface area contributed by atoms with Crippen molar-refractivity contribution in [1.29, 1.82) is 0 Å². The number of amides is 1. The summed E-state index contributed by atoms with van der Waals surface area (Å²) in [5.41, 5.74) is 2.72. The summed E-state index contributed by atoms with van der Waals surface area (Å²) < 4.78 is 5.37. The average molecular weight is 302 g/mol. The predicted molar refractivity (Wildman–Crippen MR) is 78.8 cm³/mol. The van der Waals surface area contributed by atoms with Crippen LogP contribution in [0.15, 0.2) is 12.3 Å². The molecular weight excluding hydrogens is 282 g/mol. The molecule has 8 heteroatoms. The van der Waals surface area contributed by atoms with Gasteiger partial charge in [-0.3, -0.25) is 4.79 Å². The molecule has 112 valence electrons. The second kappa shape index (κ2) is 8.70. The predicted octanol–water partition coefficient (Wildman–Crippen LogP) is 0.329. The van der Waals surface area contributed by atoms with E-state index in [1.807, 2.05) is 19.0 Å². The molecular formula is C12H20ClN5O2. The Bertz CT molecular complexity index is 442. The second-order valence-electron chi connectivity index (χ2n) is 4.37. The zero-order valence-electron chi connectivity index (χ0n) is 11.6. The number of aromatic nitrogens is 1. The van der Waals surface area contributed by atoms with Crippen molar-refractivity contribution in [3.05, 3.63) is 22.8 Å². The lowest BCUT2D eigenvalue weighted by molar-refractivity contribution is 0.0900. The fourth-order valence-corrected chi connectivity index (χ4v) is 1.58. The van der Waals surface area contributed by atoms with Gasteiger partial charge in [0, 0.05) is 19.3 Å². The molecule has 0 atom stereocenters. The van der Waals surface area contributed by atoms with Crippen molar-refractivity contribution in [3.63, 3.8) is 0 Å². The Kier molecular flexibility index (Phi) is 7.24. The van der Waals surface area contributed by atoms with Gasteiger partial charge >= 0.3 is 0 Å². The highest BCUT2D eigenvalue weighted by molar-refractivity contribution is 6.33. The molecule has 0 aliphatic rings. The number of pyridine rings is 1. The topological polar surface area (TPSA) is 92.5 Å². The van der Waals surface area contributed by atoms with Crippen molar-refractivity contribution in [1.82, 2.24) is 15.2 Å². The van der Waals surface area contributed by atoms with Crippen LogP contribution in [0.3, 0.4) is 0 Å². The van der Waals surface area contributed by atoms with Gasteiger partial charge in [-0.15, -0.1) is 0 Å². The van der Waals surface area contributed by atoms with E-state index in [1.165, 1.54) is 12.3 Å². The Morgan fingerprint density at radius 1 is 1.50 bits per heavy atom. The van der Waals surface area contributed by atoms with Crippen LogP contribution in [0.4, 0.5) is 5.82 Å². The van der Waals surface area contributed by atoms with Crippen molar-refractivity contribution in [3.8, 4) is 0 Å². The smallest absolute Gasteiger partial charge is 0.252 e. The summed E-state index contributed by atoms with van der Waals surface area (Å²) in [6.45, 7) is 2.37. The van der Waals surface area contributed by atoms with E-state index in [0.717, 1.165) is 6.54 Å². The van der Waals surface area contributed by atoms with Crippen LogP contribution in [-0.2, 0) is 4.74 Å². The molecule has 0 bridgehead atoms. The number of nitrogens with one attached hydrogen (secondary N) is 2. The summed E-state index contributed by atoms with van der Waals surface area (Å²) in [5.74, 6) is 5.29. The van der Waals surface area contributed by atoms with Gasteiger partial charge in [0.25, 0.3) is 5.91 Å². The van der Waals surface area contributed by atoms with Gasteiger partial charge in [-0.25, -0.2) is 10.8 Å². The van der Waals surface area contributed by atoms with Crippen molar-refractivity contribution >= 4 is 23.3 Å². The second-order valence-corrected chi connectivity index (χ2v) is 4.78. The van der Waals surface area contributed by atoms with Crippen LogP contribution in [-0.4, -0.2) is 56.2 Å². The molecule has 0 saturated carbocycles.